The number of rotatable bonds is 4. The molecule has 0 saturated carbocycles. The van der Waals surface area contributed by atoms with E-state index in [-0.39, 0.29) is 17.8 Å². The minimum Gasteiger partial charge on any atom is -0.486 e. The van der Waals surface area contributed by atoms with Crippen molar-refractivity contribution in [2.45, 2.75) is 19.4 Å². The number of amides is 1. The maximum Gasteiger partial charge on any atom is 0.253 e. The van der Waals surface area contributed by atoms with Crippen molar-refractivity contribution in [3.8, 4) is 11.5 Å². The van der Waals surface area contributed by atoms with Gasteiger partial charge in [-0.15, -0.1) is 0 Å². The minimum atomic E-state index is -0.193. The van der Waals surface area contributed by atoms with Crippen LogP contribution in [-0.2, 0) is 0 Å². The lowest BCUT2D eigenvalue weighted by Gasteiger charge is -2.25. The third-order valence-corrected chi connectivity index (χ3v) is 3.40. The van der Waals surface area contributed by atoms with Gasteiger partial charge in [-0.1, -0.05) is 5.16 Å². The van der Waals surface area contributed by atoms with Crippen LogP contribution in [-0.4, -0.2) is 48.2 Å². The summed E-state index contributed by atoms with van der Waals surface area (Å²) in [6, 6.07) is 4.90. The van der Waals surface area contributed by atoms with Gasteiger partial charge < -0.3 is 25.3 Å². The van der Waals surface area contributed by atoms with Crippen molar-refractivity contribution in [2.24, 2.45) is 10.9 Å². The maximum atomic E-state index is 12.4. The van der Waals surface area contributed by atoms with Crippen LogP contribution in [0.25, 0.3) is 0 Å². The monoisotopic (exact) mass is 293 g/mol. The molecule has 1 aliphatic heterocycles. The van der Waals surface area contributed by atoms with E-state index in [1.165, 1.54) is 0 Å². The highest BCUT2D eigenvalue weighted by Gasteiger charge is 2.21. The van der Waals surface area contributed by atoms with Crippen LogP contribution in [0.3, 0.4) is 0 Å². The lowest BCUT2D eigenvalue weighted by molar-refractivity contribution is 0.0746. The molecule has 0 spiro atoms. The first kappa shape index (κ1) is 15.0. The zero-order valence-corrected chi connectivity index (χ0v) is 12.1. The summed E-state index contributed by atoms with van der Waals surface area (Å²) in [7, 11) is 1.68. The van der Waals surface area contributed by atoms with E-state index in [0.717, 1.165) is 0 Å². The van der Waals surface area contributed by atoms with Gasteiger partial charge in [0.2, 0.25) is 0 Å². The van der Waals surface area contributed by atoms with Crippen molar-refractivity contribution < 1.29 is 19.5 Å². The third-order valence-electron chi connectivity index (χ3n) is 3.40. The van der Waals surface area contributed by atoms with E-state index in [1.54, 1.807) is 30.1 Å². The molecule has 1 aromatic rings. The van der Waals surface area contributed by atoms with Crippen LogP contribution in [0.5, 0.6) is 11.5 Å². The van der Waals surface area contributed by atoms with Gasteiger partial charge in [-0.05, 0) is 25.1 Å². The fourth-order valence-electron chi connectivity index (χ4n) is 2.06. The zero-order valence-electron chi connectivity index (χ0n) is 12.1. The fraction of sp³-hybridized carbons (Fsp3) is 0.429. The first-order valence-corrected chi connectivity index (χ1v) is 6.66. The highest BCUT2D eigenvalue weighted by Crippen LogP contribution is 2.31. The van der Waals surface area contributed by atoms with Crippen LogP contribution in [0.15, 0.2) is 23.4 Å². The Morgan fingerprint density at radius 1 is 1.43 bits per heavy atom. The molecule has 0 fully saturated rings. The van der Waals surface area contributed by atoms with Gasteiger partial charge in [0, 0.05) is 25.1 Å². The van der Waals surface area contributed by atoms with Gasteiger partial charge in [0.25, 0.3) is 5.91 Å². The number of oxime groups is 1. The summed E-state index contributed by atoms with van der Waals surface area (Å²) in [5.41, 5.74) is 5.97. The Morgan fingerprint density at radius 3 is 2.76 bits per heavy atom. The Labute approximate surface area is 122 Å². The van der Waals surface area contributed by atoms with E-state index >= 15 is 0 Å². The molecular weight excluding hydrogens is 274 g/mol. The quantitative estimate of drug-likeness (QED) is 0.374. The van der Waals surface area contributed by atoms with E-state index in [0.29, 0.717) is 36.7 Å². The summed E-state index contributed by atoms with van der Waals surface area (Å²) < 4.78 is 10.9. The van der Waals surface area contributed by atoms with Crippen LogP contribution in [0.4, 0.5) is 0 Å². The van der Waals surface area contributed by atoms with Gasteiger partial charge in [0.1, 0.15) is 19.0 Å². The third kappa shape index (κ3) is 3.36. The molecule has 0 bridgehead atoms. The minimum absolute atomic E-state index is 0.0873. The summed E-state index contributed by atoms with van der Waals surface area (Å²) in [4.78, 5) is 14.0. The zero-order chi connectivity index (χ0) is 15.4. The molecule has 114 valence electrons. The van der Waals surface area contributed by atoms with Crippen molar-refractivity contribution in [3.63, 3.8) is 0 Å². The molecule has 1 aromatic carbocycles. The number of hydrogen-bond acceptors (Lipinski definition) is 5. The number of nitrogens with zero attached hydrogens (tertiary/aromatic N) is 2. The number of amidine groups is 1. The molecule has 7 heteroatoms. The second-order valence-electron chi connectivity index (χ2n) is 4.92. The molecule has 0 saturated heterocycles. The first-order valence-electron chi connectivity index (χ1n) is 6.66. The molecule has 0 radical (unpaired) electrons. The standard InChI is InChI=1S/C14H19N3O4/c1-9(7-13(15)16-19)17(2)14(18)10-3-4-11-12(8-10)21-6-5-20-11/h3-4,8-9,19H,5-7H2,1-2H3,(H2,15,16). The largest absolute Gasteiger partial charge is 0.486 e. The molecule has 0 aliphatic carbocycles. The number of ether oxygens (including phenoxy) is 2. The molecule has 1 aliphatic rings. The van der Waals surface area contributed by atoms with Crippen LogP contribution < -0.4 is 15.2 Å². The predicted molar refractivity (Wildman–Crippen MR) is 77.0 cm³/mol. The van der Waals surface area contributed by atoms with E-state index in [2.05, 4.69) is 5.16 Å². The predicted octanol–water partition coefficient (Wildman–Crippen LogP) is 1.05. The SMILES string of the molecule is CC(CC(N)=NO)N(C)C(=O)c1ccc2c(c1)OCCO2. The Kier molecular flexibility index (Phi) is 4.52. The molecule has 3 N–H and O–H groups in total. The van der Waals surface area contributed by atoms with Gasteiger partial charge in [-0.25, -0.2) is 0 Å². The lowest BCUT2D eigenvalue weighted by atomic mass is 10.1. The van der Waals surface area contributed by atoms with Crippen LogP contribution in [0.2, 0.25) is 0 Å². The molecule has 1 unspecified atom stereocenters. The number of benzene rings is 1. The molecule has 0 aromatic heterocycles. The Balaban J connectivity index is 2.12. The summed E-state index contributed by atoms with van der Waals surface area (Å²) in [5.74, 6) is 1.14. The average Bonchev–Trinajstić information content (AvgIpc) is 2.52. The van der Waals surface area contributed by atoms with Crippen LogP contribution in [0, 0.1) is 0 Å². The number of fused-ring (bicyclic) bond motifs is 1. The van der Waals surface area contributed by atoms with Crippen LogP contribution >= 0.6 is 0 Å². The van der Waals surface area contributed by atoms with Crippen molar-refractivity contribution in [1.82, 2.24) is 4.90 Å². The Bertz CT molecular complexity index is 559. The maximum absolute atomic E-state index is 12.4. The van der Waals surface area contributed by atoms with Crippen LogP contribution in [0.1, 0.15) is 23.7 Å². The molecule has 1 amide bonds. The first-order chi connectivity index (χ1) is 10.0. The van der Waals surface area contributed by atoms with Gasteiger partial charge in [0.05, 0.1) is 0 Å². The topological polar surface area (TPSA) is 97.4 Å². The van der Waals surface area contributed by atoms with Crippen molar-refractivity contribution in [3.05, 3.63) is 23.8 Å². The number of hydrogen-bond donors (Lipinski definition) is 2. The highest BCUT2D eigenvalue weighted by atomic mass is 16.6. The molecule has 21 heavy (non-hydrogen) atoms. The lowest BCUT2D eigenvalue weighted by Crippen LogP contribution is -2.37. The normalized spacial score (nSPS) is 15.4. The Morgan fingerprint density at radius 2 is 2.10 bits per heavy atom. The van der Waals surface area contributed by atoms with Gasteiger partial charge >= 0.3 is 0 Å². The van der Waals surface area contributed by atoms with Crippen molar-refractivity contribution >= 4 is 11.7 Å². The van der Waals surface area contributed by atoms with E-state index in [9.17, 15) is 4.79 Å². The van der Waals surface area contributed by atoms with Gasteiger partial charge in [-0.2, -0.15) is 0 Å². The van der Waals surface area contributed by atoms with Crippen molar-refractivity contribution in [1.29, 1.82) is 0 Å². The molecule has 7 nitrogen and oxygen atoms in total. The number of nitrogens with two attached hydrogens (primary N) is 1. The second kappa shape index (κ2) is 6.34. The van der Waals surface area contributed by atoms with Gasteiger partial charge in [-0.3, -0.25) is 4.79 Å². The summed E-state index contributed by atoms with van der Waals surface area (Å²) in [6.07, 6.45) is 0.295. The Hall–Kier alpha value is -2.44. The fourth-order valence-corrected chi connectivity index (χ4v) is 2.06. The highest BCUT2D eigenvalue weighted by molar-refractivity contribution is 5.95. The van der Waals surface area contributed by atoms with E-state index in [4.69, 9.17) is 20.4 Å². The van der Waals surface area contributed by atoms with Gasteiger partial charge in [0.15, 0.2) is 11.5 Å². The molecule has 2 rings (SSSR count). The van der Waals surface area contributed by atoms with Crippen molar-refractivity contribution in [2.75, 3.05) is 20.3 Å². The smallest absolute Gasteiger partial charge is 0.253 e. The number of carbonyl (C=O) groups is 1. The number of carbonyl (C=O) groups excluding carboxylic acids is 1. The summed E-state index contributed by atoms with van der Waals surface area (Å²) in [6.45, 7) is 2.81. The van der Waals surface area contributed by atoms with E-state index < -0.39 is 0 Å². The molecule has 1 atom stereocenters. The summed E-state index contributed by atoms with van der Waals surface area (Å²) >= 11 is 0. The molecular formula is C14H19N3O4. The average molecular weight is 293 g/mol. The molecule has 1 heterocycles. The van der Waals surface area contributed by atoms with E-state index in [1.807, 2.05) is 6.92 Å². The second-order valence-corrected chi connectivity index (χ2v) is 4.92. The summed E-state index contributed by atoms with van der Waals surface area (Å²) in [5, 5.41) is 11.5.